The van der Waals surface area contributed by atoms with Crippen LogP contribution in [-0.2, 0) is 9.59 Å². The SMILES string of the molecule is COc1ccccc1[C@@H](C)NC(=O)C1=NN(c2cccc(C)c2)C(=O)CC1. The molecule has 0 saturated heterocycles. The van der Waals surface area contributed by atoms with Crippen molar-refractivity contribution in [3.8, 4) is 5.75 Å². The Morgan fingerprint density at radius 1 is 1.19 bits per heavy atom. The number of benzene rings is 2. The number of nitrogens with one attached hydrogen (secondary N) is 1. The van der Waals surface area contributed by atoms with E-state index in [1.54, 1.807) is 7.11 Å². The van der Waals surface area contributed by atoms with Gasteiger partial charge in [0.2, 0.25) is 5.91 Å². The topological polar surface area (TPSA) is 71.0 Å². The average Bonchev–Trinajstić information content (AvgIpc) is 2.68. The van der Waals surface area contributed by atoms with Gasteiger partial charge >= 0.3 is 0 Å². The van der Waals surface area contributed by atoms with Gasteiger partial charge < -0.3 is 10.1 Å². The molecule has 6 nitrogen and oxygen atoms in total. The summed E-state index contributed by atoms with van der Waals surface area (Å²) in [4.78, 5) is 25.0. The molecule has 0 unspecified atom stereocenters. The summed E-state index contributed by atoms with van der Waals surface area (Å²) in [6.45, 7) is 3.84. The molecule has 0 bridgehead atoms. The molecule has 0 radical (unpaired) electrons. The number of hydrazone groups is 1. The first-order valence-corrected chi connectivity index (χ1v) is 8.90. The highest BCUT2D eigenvalue weighted by atomic mass is 16.5. The molecule has 0 saturated carbocycles. The van der Waals surface area contributed by atoms with Crippen molar-refractivity contribution in [2.75, 3.05) is 12.1 Å². The highest BCUT2D eigenvalue weighted by Gasteiger charge is 2.26. The minimum atomic E-state index is -0.279. The van der Waals surface area contributed by atoms with Crippen LogP contribution in [0.5, 0.6) is 5.75 Å². The third-order valence-corrected chi connectivity index (χ3v) is 4.49. The van der Waals surface area contributed by atoms with Crippen LogP contribution in [0, 0.1) is 6.92 Å². The standard InChI is InChI=1S/C21H23N3O3/c1-14-7-6-8-16(13-14)24-20(25)12-11-18(23-24)21(26)22-15(2)17-9-4-5-10-19(17)27-3/h4-10,13,15H,11-12H2,1-3H3,(H,22,26)/t15-/m1/s1. The van der Waals surface area contributed by atoms with Gasteiger partial charge in [0.1, 0.15) is 11.5 Å². The molecule has 3 rings (SSSR count). The maximum absolute atomic E-state index is 12.7. The lowest BCUT2D eigenvalue weighted by Gasteiger charge is -2.24. The molecule has 140 valence electrons. The van der Waals surface area contributed by atoms with E-state index in [0.29, 0.717) is 23.6 Å². The summed E-state index contributed by atoms with van der Waals surface area (Å²) in [6, 6.07) is 14.8. The van der Waals surface area contributed by atoms with E-state index in [9.17, 15) is 9.59 Å². The minimum absolute atomic E-state index is 0.116. The number of aryl methyl sites for hydroxylation is 1. The molecule has 1 aliphatic heterocycles. The van der Waals surface area contributed by atoms with Crippen molar-refractivity contribution in [2.24, 2.45) is 5.10 Å². The van der Waals surface area contributed by atoms with Gasteiger partial charge in [-0.05, 0) is 37.6 Å². The van der Waals surface area contributed by atoms with E-state index in [1.165, 1.54) is 5.01 Å². The molecule has 0 aromatic heterocycles. The van der Waals surface area contributed by atoms with E-state index in [0.717, 1.165) is 11.1 Å². The lowest BCUT2D eigenvalue weighted by Crippen LogP contribution is -2.40. The van der Waals surface area contributed by atoms with Gasteiger partial charge in [-0.25, -0.2) is 5.01 Å². The lowest BCUT2D eigenvalue weighted by molar-refractivity contribution is -0.119. The van der Waals surface area contributed by atoms with Gasteiger partial charge in [0.15, 0.2) is 0 Å². The number of para-hydroxylation sites is 1. The van der Waals surface area contributed by atoms with E-state index >= 15 is 0 Å². The second-order valence-electron chi connectivity index (χ2n) is 6.53. The zero-order valence-electron chi connectivity index (χ0n) is 15.7. The van der Waals surface area contributed by atoms with Crippen LogP contribution in [0.2, 0.25) is 0 Å². The molecule has 0 spiro atoms. The Morgan fingerprint density at radius 3 is 2.70 bits per heavy atom. The van der Waals surface area contributed by atoms with E-state index in [1.807, 2.05) is 62.4 Å². The molecule has 0 fully saturated rings. The molecular weight excluding hydrogens is 342 g/mol. The summed E-state index contributed by atoms with van der Waals surface area (Å²) in [5, 5.41) is 8.59. The Labute approximate surface area is 158 Å². The van der Waals surface area contributed by atoms with Gasteiger partial charge in [-0.15, -0.1) is 0 Å². The first kappa shape index (κ1) is 18.6. The minimum Gasteiger partial charge on any atom is -0.496 e. The maximum Gasteiger partial charge on any atom is 0.267 e. The van der Waals surface area contributed by atoms with Crippen molar-refractivity contribution in [3.63, 3.8) is 0 Å². The number of nitrogens with zero attached hydrogens (tertiary/aromatic N) is 2. The highest BCUT2D eigenvalue weighted by molar-refractivity contribution is 6.40. The van der Waals surface area contributed by atoms with Gasteiger partial charge in [0.25, 0.3) is 5.91 Å². The van der Waals surface area contributed by atoms with Crippen LogP contribution < -0.4 is 15.1 Å². The Bertz CT molecular complexity index is 892. The van der Waals surface area contributed by atoms with Crippen molar-refractivity contribution in [1.29, 1.82) is 0 Å². The molecule has 2 aromatic rings. The van der Waals surface area contributed by atoms with Gasteiger partial charge in [0, 0.05) is 18.4 Å². The van der Waals surface area contributed by atoms with Crippen molar-refractivity contribution >= 4 is 23.2 Å². The van der Waals surface area contributed by atoms with Crippen LogP contribution in [0.1, 0.15) is 36.9 Å². The average molecular weight is 365 g/mol. The third-order valence-electron chi connectivity index (χ3n) is 4.49. The number of hydrogen-bond donors (Lipinski definition) is 1. The Morgan fingerprint density at radius 2 is 1.96 bits per heavy atom. The zero-order valence-corrected chi connectivity index (χ0v) is 15.7. The summed E-state index contributed by atoms with van der Waals surface area (Å²) in [5.41, 5.74) is 2.92. The molecule has 27 heavy (non-hydrogen) atoms. The fraction of sp³-hybridized carbons (Fsp3) is 0.286. The quantitative estimate of drug-likeness (QED) is 0.883. The normalized spacial score (nSPS) is 15.1. The van der Waals surface area contributed by atoms with Gasteiger partial charge in [0.05, 0.1) is 18.8 Å². The molecule has 2 aromatic carbocycles. The first-order valence-electron chi connectivity index (χ1n) is 8.90. The van der Waals surface area contributed by atoms with E-state index in [-0.39, 0.29) is 24.3 Å². The molecule has 1 N–H and O–H groups in total. The number of ether oxygens (including phenoxy) is 1. The van der Waals surface area contributed by atoms with Crippen LogP contribution in [-0.4, -0.2) is 24.6 Å². The highest BCUT2D eigenvalue weighted by Crippen LogP contribution is 2.25. The second kappa shape index (κ2) is 8.03. The summed E-state index contributed by atoms with van der Waals surface area (Å²) in [5.74, 6) is 0.320. The fourth-order valence-corrected chi connectivity index (χ4v) is 3.06. The monoisotopic (exact) mass is 365 g/mol. The first-order chi connectivity index (χ1) is 13.0. The van der Waals surface area contributed by atoms with E-state index in [2.05, 4.69) is 10.4 Å². The molecule has 2 amide bonds. The second-order valence-corrected chi connectivity index (χ2v) is 6.53. The number of carbonyl (C=O) groups excluding carboxylic acids is 2. The predicted molar refractivity (Wildman–Crippen MR) is 105 cm³/mol. The number of carbonyl (C=O) groups is 2. The van der Waals surface area contributed by atoms with Gasteiger partial charge in [-0.2, -0.15) is 5.10 Å². The molecule has 6 heteroatoms. The number of hydrogen-bond acceptors (Lipinski definition) is 4. The van der Waals surface area contributed by atoms with Crippen molar-refractivity contribution < 1.29 is 14.3 Å². The maximum atomic E-state index is 12.7. The van der Waals surface area contributed by atoms with Crippen molar-refractivity contribution in [1.82, 2.24) is 5.32 Å². The van der Waals surface area contributed by atoms with Crippen LogP contribution in [0.25, 0.3) is 0 Å². The number of anilines is 1. The summed E-state index contributed by atoms with van der Waals surface area (Å²) in [6.07, 6.45) is 0.578. The van der Waals surface area contributed by atoms with Crippen molar-refractivity contribution in [3.05, 3.63) is 59.7 Å². The predicted octanol–water partition coefficient (Wildman–Crippen LogP) is 3.36. The lowest BCUT2D eigenvalue weighted by atomic mass is 10.1. The fourth-order valence-electron chi connectivity index (χ4n) is 3.06. The summed E-state index contributed by atoms with van der Waals surface area (Å²) in [7, 11) is 1.60. The molecule has 1 atom stereocenters. The number of rotatable bonds is 5. The molecule has 1 aliphatic rings. The van der Waals surface area contributed by atoms with Crippen LogP contribution in [0.4, 0.5) is 5.69 Å². The third kappa shape index (κ3) is 4.16. The van der Waals surface area contributed by atoms with Gasteiger partial charge in [-0.1, -0.05) is 30.3 Å². The van der Waals surface area contributed by atoms with Crippen molar-refractivity contribution in [2.45, 2.75) is 32.7 Å². The van der Waals surface area contributed by atoms with Crippen LogP contribution >= 0.6 is 0 Å². The smallest absolute Gasteiger partial charge is 0.267 e. The number of amides is 2. The summed E-state index contributed by atoms with van der Waals surface area (Å²) >= 11 is 0. The van der Waals surface area contributed by atoms with Crippen LogP contribution in [0.15, 0.2) is 53.6 Å². The number of methoxy groups -OCH3 is 1. The Kier molecular flexibility index (Phi) is 5.54. The zero-order chi connectivity index (χ0) is 19.4. The Hall–Kier alpha value is -3.15. The molecule has 1 heterocycles. The largest absolute Gasteiger partial charge is 0.496 e. The summed E-state index contributed by atoms with van der Waals surface area (Å²) < 4.78 is 5.36. The molecular formula is C21H23N3O3. The van der Waals surface area contributed by atoms with E-state index < -0.39 is 0 Å². The molecule has 0 aliphatic carbocycles. The van der Waals surface area contributed by atoms with Gasteiger partial charge in [-0.3, -0.25) is 9.59 Å². The van der Waals surface area contributed by atoms with Crippen LogP contribution in [0.3, 0.4) is 0 Å². The van der Waals surface area contributed by atoms with E-state index in [4.69, 9.17) is 4.74 Å². The Balaban J connectivity index is 1.79.